The molecule has 0 atom stereocenters. The molecule has 6 heteroatoms. The number of rotatable bonds is 5. The lowest BCUT2D eigenvalue weighted by molar-refractivity contribution is -0.125. The van der Waals surface area contributed by atoms with E-state index >= 15 is 0 Å². The number of alkyl halides is 2. The van der Waals surface area contributed by atoms with Gasteiger partial charge in [-0.1, -0.05) is 48.2 Å². The van der Waals surface area contributed by atoms with Crippen LogP contribution < -0.4 is 5.32 Å². The first kappa shape index (κ1) is 17.9. The molecular weight excluding hydrogens is 344 g/mol. The second-order valence-corrected chi connectivity index (χ2v) is 6.98. The van der Waals surface area contributed by atoms with Crippen LogP contribution in [-0.4, -0.2) is 24.9 Å². The molecule has 0 unspecified atom stereocenters. The van der Waals surface area contributed by atoms with Crippen LogP contribution in [0.3, 0.4) is 0 Å². The Labute approximate surface area is 149 Å². The maximum absolute atomic E-state index is 13.1. The largest absolute Gasteiger partial charge is 0.381 e. The van der Waals surface area contributed by atoms with Gasteiger partial charge in [0, 0.05) is 23.8 Å². The second kappa shape index (κ2) is 7.97. The zero-order chi connectivity index (χ0) is 17.7. The van der Waals surface area contributed by atoms with E-state index < -0.39 is 11.2 Å². The predicted octanol–water partition coefficient (Wildman–Crippen LogP) is 4.69. The molecule has 2 aromatic rings. The van der Waals surface area contributed by atoms with Gasteiger partial charge in [-0.25, -0.2) is 0 Å². The average molecular weight is 363 g/mol. The maximum atomic E-state index is 13.1. The van der Waals surface area contributed by atoms with Crippen LogP contribution in [0.2, 0.25) is 0 Å². The number of nitrogens with one attached hydrogen (secondary N) is 1. The van der Waals surface area contributed by atoms with E-state index in [-0.39, 0.29) is 5.91 Å². The summed E-state index contributed by atoms with van der Waals surface area (Å²) in [5.41, 5.74) is 0.817. The van der Waals surface area contributed by atoms with Gasteiger partial charge in [-0.2, -0.15) is 8.78 Å². The van der Waals surface area contributed by atoms with Crippen LogP contribution in [0.25, 0.3) is 0 Å². The molecule has 1 saturated heterocycles. The van der Waals surface area contributed by atoms with E-state index in [0.717, 1.165) is 5.56 Å². The van der Waals surface area contributed by atoms with Crippen molar-refractivity contribution < 1.29 is 18.3 Å². The molecule has 1 amide bonds. The standard InChI is InChI=1S/C19H19F2NO2S/c20-18(21)25-16-8-4-7-15(13-16)22-17(23)19(9-11-24-12-10-19)14-5-2-1-3-6-14/h1-8,13,18H,9-12H2,(H,22,23). The summed E-state index contributed by atoms with van der Waals surface area (Å²) in [6, 6.07) is 16.2. The molecule has 132 valence electrons. The SMILES string of the molecule is O=C(Nc1cccc(SC(F)F)c1)C1(c2ccccc2)CCOCC1. The lowest BCUT2D eigenvalue weighted by atomic mass is 9.73. The fourth-order valence-corrected chi connectivity index (χ4v) is 3.68. The Bertz CT molecular complexity index is 718. The monoisotopic (exact) mass is 363 g/mol. The van der Waals surface area contributed by atoms with E-state index in [9.17, 15) is 13.6 Å². The van der Waals surface area contributed by atoms with Gasteiger partial charge in [0.1, 0.15) is 0 Å². The van der Waals surface area contributed by atoms with E-state index in [1.807, 2.05) is 30.3 Å². The van der Waals surface area contributed by atoms with Crippen molar-refractivity contribution >= 4 is 23.4 Å². The Morgan fingerprint density at radius 1 is 1.08 bits per heavy atom. The highest BCUT2D eigenvalue weighted by Gasteiger charge is 2.41. The predicted molar refractivity (Wildman–Crippen MR) is 95.1 cm³/mol. The summed E-state index contributed by atoms with van der Waals surface area (Å²) in [5, 5.41) is 2.91. The fraction of sp³-hybridized carbons (Fsp3) is 0.316. The molecule has 0 bridgehead atoms. The molecule has 3 nitrogen and oxygen atoms in total. The minimum absolute atomic E-state index is 0.124. The Hall–Kier alpha value is -1.92. The summed E-state index contributed by atoms with van der Waals surface area (Å²) in [6.45, 7) is 1.03. The van der Waals surface area contributed by atoms with Crippen molar-refractivity contribution in [2.75, 3.05) is 18.5 Å². The quantitative estimate of drug-likeness (QED) is 0.784. The molecule has 25 heavy (non-hydrogen) atoms. The van der Waals surface area contributed by atoms with E-state index in [1.165, 1.54) is 0 Å². The topological polar surface area (TPSA) is 38.3 Å². The van der Waals surface area contributed by atoms with Gasteiger partial charge >= 0.3 is 0 Å². The molecule has 1 N–H and O–H groups in total. The summed E-state index contributed by atoms with van der Waals surface area (Å²) < 4.78 is 30.5. The number of benzene rings is 2. The lowest BCUT2D eigenvalue weighted by Gasteiger charge is -2.36. The molecule has 0 aliphatic carbocycles. The van der Waals surface area contributed by atoms with Crippen molar-refractivity contribution in [3.8, 4) is 0 Å². The summed E-state index contributed by atoms with van der Waals surface area (Å²) in [5.74, 6) is -2.61. The third kappa shape index (κ3) is 4.19. The first-order valence-electron chi connectivity index (χ1n) is 8.10. The molecule has 1 fully saturated rings. The van der Waals surface area contributed by atoms with E-state index in [0.29, 0.717) is 48.4 Å². The van der Waals surface area contributed by atoms with Crippen LogP contribution >= 0.6 is 11.8 Å². The number of hydrogen-bond acceptors (Lipinski definition) is 3. The molecule has 0 aromatic heterocycles. The molecule has 0 spiro atoms. The third-order valence-electron chi connectivity index (χ3n) is 4.42. The zero-order valence-electron chi connectivity index (χ0n) is 13.6. The first-order valence-corrected chi connectivity index (χ1v) is 8.98. The van der Waals surface area contributed by atoms with Crippen LogP contribution in [0.5, 0.6) is 0 Å². The van der Waals surface area contributed by atoms with Gasteiger partial charge in [-0.05, 0) is 36.6 Å². The van der Waals surface area contributed by atoms with Gasteiger partial charge in [-0.15, -0.1) is 0 Å². The molecule has 2 aromatic carbocycles. The van der Waals surface area contributed by atoms with E-state index in [1.54, 1.807) is 24.3 Å². The molecular formula is C19H19F2NO2S. The zero-order valence-corrected chi connectivity index (χ0v) is 14.4. The van der Waals surface area contributed by atoms with E-state index in [4.69, 9.17) is 4.74 Å². The Morgan fingerprint density at radius 3 is 2.48 bits per heavy atom. The second-order valence-electron chi connectivity index (χ2n) is 5.92. The minimum atomic E-state index is -2.49. The third-order valence-corrected chi connectivity index (χ3v) is 5.13. The number of halogens is 2. The number of carbonyl (C=O) groups excluding carboxylic acids is 1. The molecule has 1 heterocycles. The van der Waals surface area contributed by atoms with Crippen molar-refractivity contribution in [3.63, 3.8) is 0 Å². The molecule has 0 radical (unpaired) electrons. The van der Waals surface area contributed by atoms with Crippen LogP contribution in [0.15, 0.2) is 59.5 Å². The Kier molecular flexibility index (Phi) is 5.71. The molecule has 0 saturated carbocycles. The summed E-state index contributed by atoms with van der Waals surface area (Å²) in [7, 11) is 0. The highest BCUT2D eigenvalue weighted by atomic mass is 32.2. The van der Waals surface area contributed by atoms with Crippen molar-refractivity contribution in [2.45, 2.75) is 28.9 Å². The van der Waals surface area contributed by atoms with Crippen LogP contribution in [0.4, 0.5) is 14.5 Å². The normalized spacial score (nSPS) is 16.6. The highest BCUT2D eigenvalue weighted by molar-refractivity contribution is 7.99. The lowest BCUT2D eigenvalue weighted by Crippen LogP contribution is -2.44. The van der Waals surface area contributed by atoms with E-state index in [2.05, 4.69) is 5.32 Å². The van der Waals surface area contributed by atoms with Gasteiger partial charge in [0.05, 0.1) is 5.41 Å². The van der Waals surface area contributed by atoms with Crippen LogP contribution in [0, 0.1) is 0 Å². The number of ether oxygens (including phenoxy) is 1. The van der Waals surface area contributed by atoms with Gasteiger partial charge in [0.15, 0.2) is 0 Å². The smallest absolute Gasteiger partial charge is 0.288 e. The van der Waals surface area contributed by atoms with Crippen molar-refractivity contribution in [2.24, 2.45) is 0 Å². The number of anilines is 1. The van der Waals surface area contributed by atoms with Crippen molar-refractivity contribution in [1.29, 1.82) is 0 Å². The van der Waals surface area contributed by atoms with Gasteiger partial charge in [0.2, 0.25) is 5.91 Å². The fourth-order valence-electron chi connectivity index (χ4n) is 3.12. The first-order chi connectivity index (χ1) is 12.1. The Balaban J connectivity index is 1.84. The summed E-state index contributed by atoms with van der Waals surface area (Å²) in [6.07, 6.45) is 1.18. The van der Waals surface area contributed by atoms with Crippen LogP contribution in [0.1, 0.15) is 18.4 Å². The minimum Gasteiger partial charge on any atom is -0.381 e. The highest BCUT2D eigenvalue weighted by Crippen LogP contribution is 2.36. The number of carbonyl (C=O) groups is 1. The summed E-state index contributed by atoms with van der Waals surface area (Å²) >= 11 is 0.466. The van der Waals surface area contributed by atoms with Gasteiger partial charge in [-0.3, -0.25) is 4.79 Å². The number of thioether (sulfide) groups is 1. The van der Waals surface area contributed by atoms with Gasteiger partial charge < -0.3 is 10.1 Å². The van der Waals surface area contributed by atoms with Gasteiger partial charge in [0.25, 0.3) is 5.76 Å². The summed E-state index contributed by atoms with van der Waals surface area (Å²) in [4.78, 5) is 13.5. The average Bonchev–Trinajstić information content (AvgIpc) is 2.63. The van der Waals surface area contributed by atoms with Crippen molar-refractivity contribution in [3.05, 3.63) is 60.2 Å². The Morgan fingerprint density at radius 2 is 1.80 bits per heavy atom. The number of amides is 1. The molecule has 1 aliphatic rings. The molecule has 1 aliphatic heterocycles. The maximum Gasteiger partial charge on any atom is 0.288 e. The number of hydrogen-bond donors (Lipinski definition) is 1. The van der Waals surface area contributed by atoms with Crippen LogP contribution in [-0.2, 0) is 14.9 Å². The molecule has 3 rings (SSSR count). The van der Waals surface area contributed by atoms with Crippen molar-refractivity contribution in [1.82, 2.24) is 0 Å².